The van der Waals surface area contributed by atoms with Gasteiger partial charge in [-0.2, -0.15) is 28.1 Å². The van der Waals surface area contributed by atoms with Gasteiger partial charge in [-0.1, -0.05) is 0 Å². The van der Waals surface area contributed by atoms with Gasteiger partial charge in [-0.3, -0.25) is 0 Å². The normalized spacial score (nSPS) is 26.6. The fourth-order valence-electron chi connectivity index (χ4n) is 3.29. The van der Waals surface area contributed by atoms with Gasteiger partial charge in [0.05, 0.1) is 0 Å². The Labute approximate surface area is 171 Å². The predicted octanol–water partition coefficient (Wildman–Crippen LogP) is 4.30. The third-order valence-corrected chi connectivity index (χ3v) is 5.12. The van der Waals surface area contributed by atoms with E-state index in [1.54, 1.807) is 0 Å². The lowest BCUT2D eigenvalue weighted by Gasteiger charge is -2.28. The van der Waals surface area contributed by atoms with Crippen LogP contribution in [0, 0.1) is 0 Å². The Morgan fingerprint density at radius 3 is 2.29 bits per heavy atom. The van der Waals surface area contributed by atoms with Crippen LogP contribution in [0.2, 0.25) is 0 Å². The zero-order valence-electron chi connectivity index (χ0n) is 16.1. The number of anilines is 2. The maximum absolute atomic E-state index is 14.4. The molecule has 6 nitrogen and oxygen atoms in total. The minimum absolute atomic E-state index is 0.0255. The van der Waals surface area contributed by atoms with Gasteiger partial charge in [0, 0.05) is 30.9 Å². The van der Waals surface area contributed by atoms with Gasteiger partial charge in [0.1, 0.15) is 11.9 Å². The summed E-state index contributed by atoms with van der Waals surface area (Å²) in [6.07, 6.45) is -9.96. The first-order valence-corrected chi connectivity index (χ1v) is 9.36. The van der Waals surface area contributed by atoms with Crippen molar-refractivity contribution in [3.05, 3.63) is 11.7 Å². The molecule has 14 heteroatoms. The SMILES string of the molecule is C[C@@H](Nc1nc(N[C@@H]2CCC(F)(F)C2)nc(C2=C(F)C(O)C(F)(F)CC2)n1)C(F)(F)F. The van der Waals surface area contributed by atoms with Crippen LogP contribution in [0.5, 0.6) is 0 Å². The maximum Gasteiger partial charge on any atom is 0.408 e. The topological polar surface area (TPSA) is 83.0 Å². The van der Waals surface area contributed by atoms with E-state index in [1.807, 2.05) is 5.32 Å². The van der Waals surface area contributed by atoms with Crippen LogP contribution in [0.3, 0.4) is 0 Å². The summed E-state index contributed by atoms with van der Waals surface area (Å²) in [4.78, 5) is 11.2. The second-order valence-electron chi connectivity index (χ2n) is 7.64. The van der Waals surface area contributed by atoms with Crippen molar-refractivity contribution < 1.29 is 40.2 Å². The van der Waals surface area contributed by atoms with Gasteiger partial charge in [-0.25, -0.2) is 22.0 Å². The fraction of sp³-hybridized carbons (Fsp3) is 0.706. The molecular weight excluding hydrogens is 442 g/mol. The molecule has 0 aromatic carbocycles. The largest absolute Gasteiger partial charge is 0.408 e. The van der Waals surface area contributed by atoms with Crippen LogP contribution in [0.4, 0.5) is 47.0 Å². The van der Waals surface area contributed by atoms with Crippen LogP contribution in [0.1, 0.15) is 44.9 Å². The molecule has 3 rings (SSSR count). The Bertz CT molecular complexity index is 859. The number of halogens is 8. The fourth-order valence-corrected chi connectivity index (χ4v) is 3.29. The standard InChI is InChI=1S/C17H19F8N5O/c1-7(17(23,24)25)26-13-28-12(9-3-5-16(21,22)11(31)10(9)18)29-14(30-13)27-8-2-4-15(19,20)6-8/h7-8,11,31H,2-6H2,1H3,(H2,26,27,28,29,30)/t7-,8-,11?/m1/s1. The molecule has 0 spiro atoms. The number of allylic oxidation sites excluding steroid dienone is 1. The molecule has 1 aromatic heterocycles. The summed E-state index contributed by atoms with van der Waals surface area (Å²) in [6.45, 7) is 0.763. The van der Waals surface area contributed by atoms with Crippen molar-refractivity contribution in [1.82, 2.24) is 15.0 Å². The molecule has 3 atom stereocenters. The lowest BCUT2D eigenvalue weighted by atomic mass is 9.92. The van der Waals surface area contributed by atoms with Crippen molar-refractivity contribution in [1.29, 1.82) is 0 Å². The number of alkyl halides is 7. The summed E-state index contributed by atoms with van der Waals surface area (Å²) in [7, 11) is 0. The Balaban J connectivity index is 1.96. The molecule has 0 amide bonds. The van der Waals surface area contributed by atoms with Gasteiger partial charge in [-0.05, 0) is 19.8 Å². The molecule has 1 aromatic rings. The summed E-state index contributed by atoms with van der Waals surface area (Å²) in [6, 6.07) is -2.94. The highest BCUT2D eigenvalue weighted by atomic mass is 19.4. The molecule has 0 aliphatic heterocycles. The first-order valence-electron chi connectivity index (χ1n) is 9.36. The van der Waals surface area contributed by atoms with Crippen molar-refractivity contribution in [2.45, 2.75) is 75.2 Å². The lowest BCUT2D eigenvalue weighted by molar-refractivity contribution is -0.138. The average Bonchev–Trinajstić information content (AvgIpc) is 2.97. The maximum atomic E-state index is 14.4. The van der Waals surface area contributed by atoms with E-state index < -0.39 is 91.0 Å². The number of rotatable bonds is 5. The van der Waals surface area contributed by atoms with Crippen LogP contribution in [0.15, 0.2) is 5.83 Å². The van der Waals surface area contributed by atoms with E-state index in [9.17, 15) is 40.2 Å². The van der Waals surface area contributed by atoms with Crippen LogP contribution >= 0.6 is 0 Å². The predicted molar refractivity (Wildman–Crippen MR) is 93.4 cm³/mol. The third-order valence-electron chi connectivity index (χ3n) is 5.12. The molecule has 0 saturated heterocycles. The van der Waals surface area contributed by atoms with Crippen LogP contribution < -0.4 is 10.6 Å². The van der Waals surface area contributed by atoms with Crippen LogP contribution in [0.25, 0.3) is 5.57 Å². The molecule has 2 aliphatic rings. The summed E-state index contributed by atoms with van der Waals surface area (Å²) in [5.41, 5.74) is -0.525. The zero-order valence-corrected chi connectivity index (χ0v) is 16.1. The highest BCUT2D eigenvalue weighted by Crippen LogP contribution is 2.41. The van der Waals surface area contributed by atoms with Crippen molar-refractivity contribution in [2.75, 3.05) is 10.6 Å². The average molecular weight is 461 g/mol. The Morgan fingerprint density at radius 1 is 1.06 bits per heavy atom. The molecule has 1 saturated carbocycles. The lowest BCUT2D eigenvalue weighted by Crippen LogP contribution is -2.37. The minimum atomic E-state index is -4.69. The molecular formula is C17H19F8N5O. The van der Waals surface area contributed by atoms with Gasteiger partial charge in [-0.15, -0.1) is 0 Å². The molecule has 1 fully saturated rings. The second kappa shape index (κ2) is 8.02. The van der Waals surface area contributed by atoms with E-state index in [2.05, 4.69) is 20.3 Å². The molecule has 2 aliphatic carbocycles. The van der Waals surface area contributed by atoms with E-state index in [0.717, 1.165) is 6.92 Å². The van der Waals surface area contributed by atoms with Crippen LogP contribution in [-0.4, -0.2) is 56.3 Å². The number of aromatic nitrogens is 3. The number of hydrogen-bond donors (Lipinski definition) is 3. The summed E-state index contributed by atoms with van der Waals surface area (Å²) >= 11 is 0. The zero-order chi connectivity index (χ0) is 23.2. The summed E-state index contributed by atoms with van der Waals surface area (Å²) < 4.78 is 107. The third kappa shape index (κ3) is 5.33. The number of nitrogens with one attached hydrogen (secondary N) is 2. The summed E-state index contributed by atoms with van der Waals surface area (Å²) in [5.74, 6) is -9.94. The number of nitrogens with zero attached hydrogens (tertiary/aromatic N) is 3. The number of hydrogen-bond acceptors (Lipinski definition) is 6. The molecule has 1 unspecified atom stereocenters. The van der Waals surface area contributed by atoms with Crippen molar-refractivity contribution in [3.8, 4) is 0 Å². The Hall–Kier alpha value is -2.25. The molecule has 3 N–H and O–H groups in total. The number of aliphatic hydroxyl groups excluding tert-OH is 1. The molecule has 0 radical (unpaired) electrons. The Morgan fingerprint density at radius 2 is 1.71 bits per heavy atom. The smallest absolute Gasteiger partial charge is 0.380 e. The highest BCUT2D eigenvalue weighted by Gasteiger charge is 2.46. The van der Waals surface area contributed by atoms with E-state index in [-0.39, 0.29) is 6.42 Å². The van der Waals surface area contributed by atoms with Crippen molar-refractivity contribution >= 4 is 17.5 Å². The van der Waals surface area contributed by atoms with E-state index in [1.165, 1.54) is 0 Å². The van der Waals surface area contributed by atoms with Gasteiger partial charge in [0.15, 0.2) is 11.9 Å². The van der Waals surface area contributed by atoms with Crippen molar-refractivity contribution in [3.63, 3.8) is 0 Å². The van der Waals surface area contributed by atoms with Gasteiger partial charge in [0.25, 0.3) is 5.92 Å². The number of aliphatic hydroxyl groups is 1. The van der Waals surface area contributed by atoms with Gasteiger partial charge < -0.3 is 15.7 Å². The second-order valence-corrected chi connectivity index (χ2v) is 7.64. The molecule has 31 heavy (non-hydrogen) atoms. The first-order chi connectivity index (χ1) is 14.2. The van der Waals surface area contributed by atoms with Crippen molar-refractivity contribution in [2.24, 2.45) is 0 Å². The van der Waals surface area contributed by atoms with E-state index >= 15 is 0 Å². The van der Waals surface area contributed by atoms with Gasteiger partial charge >= 0.3 is 6.18 Å². The quantitative estimate of drug-likeness (QED) is 0.568. The molecule has 174 valence electrons. The van der Waals surface area contributed by atoms with E-state index in [4.69, 9.17) is 0 Å². The van der Waals surface area contributed by atoms with E-state index in [0.29, 0.717) is 0 Å². The monoisotopic (exact) mass is 461 g/mol. The summed E-state index contributed by atoms with van der Waals surface area (Å²) in [5, 5.41) is 14.0. The highest BCUT2D eigenvalue weighted by molar-refractivity contribution is 5.66. The van der Waals surface area contributed by atoms with Crippen LogP contribution in [-0.2, 0) is 0 Å². The molecule has 0 bridgehead atoms. The minimum Gasteiger partial charge on any atom is -0.380 e. The first kappa shape index (κ1) is 23.4. The molecule has 1 heterocycles. The van der Waals surface area contributed by atoms with Gasteiger partial charge in [0.2, 0.25) is 17.8 Å². The Kier molecular flexibility index (Phi) is 6.06.